The molecule has 2 rings (SSSR count). The number of piperazine rings is 1. The van der Waals surface area contributed by atoms with Crippen LogP contribution in [0, 0.1) is 0 Å². The third kappa shape index (κ3) is 6.03. The fraction of sp³-hybridized carbons (Fsp3) is 1.00. The summed E-state index contributed by atoms with van der Waals surface area (Å²) in [4.78, 5) is 0. The molecule has 0 saturated carbocycles. The molecule has 2 fully saturated rings. The van der Waals surface area contributed by atoms with Crippen LogP contribution in [0.25, 0.3) is 0 Å². The van der Waals surface area contributed by atoms with Gasteiger partial charge in [-0.1, -0.05) is 13.8 Å². The minimum Gasteiger partial charge on any atom is -0.314 e. The molecular weight excluding hydrogens is 373 g/mol. The van der Waals surface area contributed by atoms with E-state index in [-0.39, 0.29) is 18.5 Å². The summed E-state index contributed by atoms with van der Waals surface area (Å²) in [5, 5.41) is 6.66. The van der Waals surface area contributed by atoms with Crippen molar-refractivity contribution in [1.82, 2.24) is 10.6 Å². The van der Waals surface area contributed by atoms with E-state index in [0.29, 0.717) is 25.3 Å². The van der Waals surface area contributed by atoms with Crippen LogP contribution in [0.1, 0.15) is 39.5 Å². The van der Waals surface area contributed by atoms with Gasteiger partial charge in [0.1, 0.15) is 0 Å². The summed E-state index contributed by atoms with van der Waals surface area (Å²) in [5.74, 6) is 0. The molecule has 11 heteroatoms. The molecule has 142 valence electrons. The minimum absolute atomic E-state index is 0.0994. The van der Waals surface area contributed by atoms with Crippen LogP contribution in [0.3, 0.4) is 0 Å². The van der Waals surface area contributed by atoms with Gasteiger partial charge in [-0.3, -0.25) is 13.7 Å². The molecule has 24 heavy (non-hydrogen) atoms. The Labute approximate surface area is 144 Å². The zero-order chi connectivity index (χ0) is 17.7. The molecule has 8 nitrogen and oxygen atoms in total. The summed E-state index contributed by atoms with van der Waals surface area (Å²) in [7, 11) is -11.0. The van der Waals surface area contributed by atoms with E-state index in [4.69, 9.17) is 12.9 Å². The molecule has 2 N–H and O–H groups in total. The van der Waals surface area contributed by atoms with E-state index in [1.165, 1.54) is 0 Å². The minimum atomic E-state index is -3.68. The molecule has 0 radical (unpaired) electrons. The second-order valence-electron chi connectivity index (χ2n) is 6.25. The van der Waals surface area contributed by atoms with Gasteiger partial charge in [-0.15, -0.1) is 0 Å². The van der Waals surface area contributed by atoms with Gasteiger partial charge >= 0.3 is 22.8 Å². The van der Waals surface area contributed by atoms with Gasteiger partial charge in [-0.25, -0.2) is 12.9 Å². The Morgan fingerprint density at radius 2 is 1.42 bits per heavy atom. The van der Waals surface area contributed by atoms with Gasteiger partial charge in [0.05, 0.1) is 18.5 Å². The lowest BCUT2D eigenvalue weighted by Crippen LogP contribution is -2.48. The second-order valence-corrected chi connectivity index (χ2v) is 13.2. The van der Waals surface area contributed by atoms with Crippen molar-refractivity contribution in [2.75, 3.05) is 38.1 Å². The molecule has 2 aliphatic heterocycles. The number of nitrogens with one attached hydrogen (secondary N) is 2. The standard InChI is InChI=1S/C13H29N2O6P3/c1-3-9-22(16)19-23(17,10-4-2)21-24(18,20-22)11-5-6-13-12-14-7-8-15-13/h13-15H,3-12H2,1-2H3. The van der Waals surface area contributed by atoms with E-state index in [1.54, 1.807) is 0 Å². The van der Waals surface area contributed by atoms with Crippen LogP contribution in [0.4, 0.5) is 0 Å². The van der Waals surface area contributed by atoms with Gasteiger partial charge in [0.25, 0.3) is 0 Å². The topological polar surface area (TPSA) is 103 Å². The van der Waals surface area contributed by atoms with E-state index >= 15 is 0 Å². The van der Waals surface area contributed by atoms with Crippen LogP contribution in [0.2, 0.25) is 0 Å². The van der Waals surface area contributed by atoms with Gasteiger partial charge in [0.2, 0.25) is 0 Å². The van der Waals surface area contributed by atoms with Crippen molar-refractivity contribution in [3.05, 3.63) is 0 Å². The zero-order valence-electron chi connectivity index (χ0n) is 14.4. The second kappa shape index (κ2) is 8.92. The molecule has 0 aliphatic carbocycles. The summed E-state index contributed by atoms with van der Waals surface area (Å²) >= 11 is 0. The van der Waals surface area contributed by atoms with Crippen molar-refractivity contribution in [2.24, 2.45) is 0 Å². The Morgan fingerprint density at radius 3 is 1.88 bits per heavy atom. The Balaban J connectivity index is 2.00. The largest absolute Gasteiger partial charge is 0.345 e. The highest BCUT2D eigenvalue weighted by Crippen LogP contribution is 2.82. The molecule has 0 spiro atoms. The first-order valence-corrected chi connectivity index (χ1v) is 13.9. The van der Waals surface area contributed by atoms with Crippen LogP contribution in [-0.4, -0.2) is 44.2 Å². The maximum absolute atomic E-state index is 13.0. The van der Waals surface area contributed by atoms with E-state index in [1.807, 2.05) is 13.8 Å². The first-order chi connectivity index (χ1) is 11.3. The van der Waals surface area contributed by atoms with E-state index < -0.39 is 22.8 Å². The number of rotatable bonds is 8. The van der Waals surface area contributed by atoms with Gasteiger partial charge < -0.3 is 10.6 Å². The quantitative estimate of drug-likeness (QED) is 0.591. The summed E-state index contributed by atoms with van der Waals surface area (Å²) in [5.41, 5.74) is 0. The number of hydrogen-bond donors (Lipinski definition) is 2. The molecule has 2 saturated heterocycles. The van der Waals surface area contributed by atoms with Crippen LogP contribution in [0.5, 0.6) is 0 Å². The summed E-state index contributed by atoms with van der Waals surface area (Å²) in [6, 6.07) is 0.302. The first-order valence-electron chi connectivity index (χ1n) is 8.67. The van der Waals surface area contributed by atoms with Crippen molar-refractivity contribution in [2.45, 2.75) is 45.6 Å². The van der Waals surface area contributed by atoms with Crippen LogP contribution in [0.15, 0.2) is 0 Å². The Bertz CT molecular complexity index is 520. The van der Waals surface area contributed by atoms with Crippen molar-refractivity contribution in [1.29, 1.82) is 0 Å². The summed E-state index contributed by atoms with van der Waals surface area (Å²) in [6.45, 7) is 6.34. The molecule has 0 aromatic heterocycles. The van der Waals surface area contributed by atoms with Crippen molar-refractivity contribution in [3.8, 4) is 0 Å². The number of hydrogen-bond acceptors (Lipinski definition) is 8. The first kappa shape index (κ1) is 20.8. The lowest BCUT2D eigenvalue weighted by molar-refractivity contribution is 0.275. The molecule has 3 unspecified atom stereocenters. The Kier molecular flexibility index (Phi) is 7.73. The monoisotopic (exact) mass is 402 g/mol. The average molecular weight is 402 g/mol. The lowest BCUT2D eigenvalue weighted by Gasteiger charge is -2.34. The molecule has 0 aromatic rings. The smallest absolute Gasteiger partial charge is 0.314 e. The van der Waals surface area contributed by atoms with Gasteiger partial charge in [-0.05, 0) is 25.7 Å². The van der Waals surface area contributed by atoms with Crippen LogP contribution >= 0.6 is 22.8 Å². The highest BCUT2D eigenvalue weighted by Gasteiger charge is 2.51. The lowest BCUT2D eigenvalue weighted by atomic mass is 10.1. The molecule has 0 aromatic carbocycles. The van der Waals surface area contributed by atoms with Crippen molar-refractivity contribution in [3.63, 3.8) is 0 Å². The average Bonchev–Trinajstić information content (AvgIpc) is 2.46. The Morgan fingerprint density at radius 1 is 0.875 bits per heavy atom. The molecular formula is C13H29N2O6P3. The highest BCUT2D eigenvalue weighted by atomic mass is 31.3. The molecule has 0 amide bonds. The highest BCUT2D eigenvalue weighted by molar-refractivity contribution is 7.80. The molecule has 3 atom stereocenters. The van der Waals surface area contributed by atoms with Crippen molar-refractivity contribution < 1.29 is 26.6 Å². The SMILES string of the molecule is CCCP1(=O)OP(=O)(CCC)OP(=O)(CCCC2CNCCN2)O1. The van der Waals surface area contributed by atoms with Gasteiger partial charge in [0, 0.05) is 25.7 Å². The molecule has 0 bridgehead atoms. The Hall–Kier alpha value is 0.490. The predicted octanol–water partition coefficient (Wildman–Crippen LogP) is 3.79. The van der Waals surface area contributed by atoms with Crippen LogP contribution < -0.4 is 10.6 Å². The fourth-order valence-electron chi connectivity index (χ4n) is 2.85. The van der Waals surface area contributed by atoms with E-state index in [9.17, 15) is 13.7 Å². The predicted molar refractivity (Wildman–Crippen MR) is 95.2 cm³/mol. The summed E-state index contributed by atoms with van der Waals surface area (Å²) < 4.78 is 54.2. The third-order valence-corrected chi connectivity index (χ3v) is 12.7. The van der Waals surface area contributed by atoms with E-state index in [0.717, 1.165) is 26.1 Å². The molecule has 2 heterocycles. The summed E-state index contributed by atoms with van der Waals surface area (Å²) in [6.07, 6.45) is 2.73. The van der Waals surface area contributed by atoms with Crippen molar-refractivity contribution >= 4 is 22.8 Å². The van der Waals surface area contributed by atoms with Gasteiger partial charge in [0.15, 0.2) is 0 Å². The zero-order valence-corrected chi connectivity index (χ0v) is 17.1. The van der Waals surface area contributed by atoms with E-state index in [2.05, 4.69) is 10.6 Å². The van der Waals surface area contributed by atoms with Crippen LogP contribution in [-0.2, 0) is 26.6 Å². The maximum Gasteiger partial charge on any atom is 0.345 e. The molecule has 2 aliphatic rings. The third-order valence-electron chi connectivity index (χ3n) is 3.85. The van der Waals surface area contributed by atoms with Gasteiger partial charge in [-0.2, -0.15) is 0 Å². The fourth-order valence-corrected chi connectivity index (χ4v) is 12.2. The normalized spacial score (nSPS) is 40.5. The maximum atomic E-state index is 13.0.